The van der Waals surface area contributed by atoms with Gasteiger partial charge in [0.05, 0.1) is 24.8 Å². The lowest BCUT2D eigenvalue weighted by Crippen LogP contribution is -2.50. The van der Waals surface area contributed by atoms with E-state index in [0.717, 1.165) is 11.1 Å². The van der Waals surface area contributed by atoms with Crippen LogP contribution in [-0.4, -0.2) is 33.9 Å². The lowest BCUT2D eigenvalue weighted by Gasteiger charge is -2.32. The molecule has 0 aliphatic carbocycles. The number of aliphatic hydroxyl groups is 2. The van der Waals surface area contributed by atoms with Gasteiger partial charge in [-0.15, -0.1) is 0 Å². The van der Waals surface area contributed by atoms with Gasteiger partial charge in [-0.3, -0.25) is 10.3 Å². The standard InChI is InChI=1S/C16H20N2O2/c1-16(11-19,12-20)18-15(13-5-3-2-4-6-13)14-7-9-17-10-8-14/h2-10,15,18-20H,11-12H2,1H3. The van der Waals surface area contributed by atoms with Gasteiger partial charge in [-0.2, -0.15) is 0 Å². The van der Waals surface area contributed by atoms with Gasteiger partial charge in [0.1, 0.15) is 0 Å². The van der Waals surface area contributed by atoms with E-state index in [1.54, 1.807) is 19.3 Å². The second-order valence-electron chi connectivity index (χ2n) is 5.15. The molecule has 1 unspecified atom stereocenters. The first kappa shape index (κ1) is 14.7. The molecule has 0 saturated carbocycles. The predicted octanol–water partition coefficient (Wildman–Crippen LogP) is 1.50. The Hall–Kier alpha value is -1.75. The van der Waals surface area contributed by atoms with Gasteiger partial charge >= 0.3 is 0 Å². The summed E-state index contributed by atoms with van der Waals surface area (Å²) >= 11 is 0. The maximum atomic E-state index is 9.49. The number of hydrogen-bond donors (Lipinski definition) is 3. The molecular formula is C16H20N2O2. The van der Waals surface area contributed by atoms with E-state index in [4.69, 9.17) is 0 Å². The molecule has 2 aromatic rings. The van der Waals surface area contributed by atoms with Crippen LogP contribution in [0.1, 0.15) is 24.1 Å². The van der Waals surface area contributed by atoms with Gasteiger partial charge in [0.2, 0.25) is 0 Å². The SMILES string of the molecule is CC(CO)(CO)NC(c1ccccc1)c1ccncc1. The second-order valence-corrected chi connectivity index (χ2v) is 5.15. The summed E-state index contributed by atoms with van der Waals surface area (Å²) in [6, 6.07) is 13.7. The van der Waals surface area contributed by atoms with Crippen LogP contribution in [-0.2, 0) is 0 Å². The van der Waals surface area contributed by atoms with Gasteiger partial charge in [-0.05, 0) is 30.2 Å². The van der Waals surface area contributed by atoms with Crippen LogP contribution in [0.25, 0.3) is 0 Å². The average molecular weight is 272 g/mol. The van der Waals surface area contributed by atoms with Crippen LogP contribution >= 0.6 is 0 Å². The summed E-state index contributed by atoms with van der Waals surface area (Å²) in [6.45, 7) is 1.51. The third kappa shape index (κ3) is 3.42. The predicted molar refractivity (Wildman–Crippen MR) is 78.2 cm³/mol. The highest BCUT2D eigenvalue weighted by Crippen LogP contribution is 2.24. The Morgan fingerprint density at radius 2 is 1.55 bits per heavy atom. The Morgan fingerprint density at radius 1 is 1.00 bits per heavy atom. The van der Waals surface area contributed by atoms with Crippen molar-refractivity contribution in [3.05, 3.63) is 66.0 Å². The number of rotatable bonds is 6. The molecule has 4 heteroatoms. The van der Waals surface area contributed by atoms with Gasteiger partial charge in [-0.1, -0.05) is 30.3 Å². The third-order valence-corrected chi connectivity index (χ3v) is 3.36. The minimum atomic E-state index is -0.746. The summed E-state index contributed by atoms with van der Waals surface area (Å²) in [4.78, 5) is 4.03. The summed E-state index contributed by atoms with van der Waals surface area (Å²) in [7, 11) is 0. The monoisotopic (exact) mass is 272 g/mol. The molecule has 0 bridgehead atoms. The van der Waals surface area contributed by atoms with Gasteiger partial charge in [0.25, 0.3) is 0 Å². The molecule has 4 nitrogen and oxygen atoms in total. The Labute approximate surface area is 119 Å². The Kier molecular flexibility index (Phi) is 4.84. The van der Waals surface area contributed by atoms with Crippen molar-refractivity contribution in [2.45, 2.75) is 18.5 Å². The van der Waals surface area contributed by atoms with Crippen molar-refractivity contribution >= 4 is 0 Å². The van der Waals surface area contributed by atoms with E-state index >= 15 is 0 Å². The second kappa shape index (κ2) is 6.61. The highest BCUT2D eigenvalue weighted by molar-refractivity contribution is 5.31. The van der Waals surface area contributed by atoms with Crippen molar-refractivity contribution in [3.63, 3.8) is 0 Å². The van der Waals surface area contributed by atoms with Gasteiger partial charge in [0.15, 0.2) is 0 Å². The zero-order valence-electron chi connectivity index (χ0n) is 11.5. The third-order valence-electron chi connectivity index (χ3n) is 3.36. The maximum Gasteiger partial charge on any atom is 0.0633 e. The summed E-state index contributed by atoms with van der Waals surface area (Å²) in [5.74, 6) is 0. The van der Waals surface area contributed by atoms with Crippen LogP contribution in [0.5, 0.6) is 0 Å². The Morgan fingerprint density at radius 3 is 2.10 bits per heavy atom. The van der Waals surface area contributed by atoms with Crippen molar-refractivity contribution < 1.29 is 10.2 Å². The molecule has 0 amide bonds. The van der Waals surface area contributed by atoms with Gasteiger partial charge in [-0.25, -0.2) is 0 Å². The molecule has 20 heavy (non-hydrogen) atoms. The molecule has 1 aromatic heterocycles. The fourth-order valence-electron chi connectivity index (χ4n) is 2.05. The number of aromatic nitrogens is 1. The number of aliphatic hydroxyl groups excluding tert-OH is 2. The first-order valence-corrected chi connectivity index (χ1v) is 6.63. The van der Waals surface area contributed by atoms with Crippen LogP contribution < -0.4 is 5.32 Å². The number of pyridine rings is 1. The van der Waals surface area contributed by atoms with Crippen molar-refractivity contribution in [2.24, 2.45) is 0 Å². The zero-order valence-corrected chi connectivity index (χ0v) is 11.5. The smallest absolute Gasteiger partial charge is 0.0633 e. The topological polar surface area (TPSA) is 65.4 Å². The quantitative estimate of drug-likeness (QED) is 0.745. The van der Waals surface area contributed by atoms with E-state index in [1.165, 1.54) is 0 Å². The fourth-order valence-corrected chi connectivity index (χ4v) is 2.05. The lowest BCUT2D eigenvalue weighted by atomic mass is 9.95. The van der Waals surface area contributed by atoms with Crippen LogP contribution in [0.2, 0.25) is 0 Å². The molecule has 0 fully saturated rings. The van der Waals surface area contributed by atoms with Crippen LogP contribution in [0.3, 0.4) is 0 Å². The number of nitrogens with zero attached hydrogens (tertiary/aromatic N) is 1. The molecular weight excluding hydrogens is 252 g/mol. The summed E-state index contributed by atoms with van der Waals surface area (Å²) < 4.78 is 0. The Bertz CT molecular complexity index is 473. The first-order valence-electron chi connectivity index (χ1n) is 6.63. The average Bonchev–Trinajstić information content (AvgIpc) is 2.54. The highest BCUT2D eigenvalue weighted by atomic mass is 16.3. The summed E-state index contributed by atoms with van der Waals surface area (Å²) in [5.41, 5.74) is 1.37. The maximum absolute atomic E-state index is 9.49. The van der Waals surface area contributed by atoms with E-state index in [0.29, 0.717) is 0 Å². The minimum Gasteiger partial charge on any atom is -0.394 e. The van der Waals surface area contributed by atoms with Crippen LogP contribution in [0, 0.1) is 0 Å². The molecule has 3 N–H and O–H groups in total. The van der Waals surface area contributed by atoms with E-state index in [-0.39, 0.29) is 19.3 Å². The lowest BCUT2D eigenvalue weighted by molar-refractivity contribution is 0.0978. The molecule has 0 saturated heterocycles. The number of nitrogens with one attached hydrogen (secondary N) is 1. The number of benzene rings is 1. The highest BCUT2D eigenvalue weighted by Gasteiger charge is 2.27. The van der Waals surface area contributed by atoms with Gasteiger partial charge < -0.3 is 10.2 Å². The largest absolute Gasteiger partial charge is 0.394 e. The minimum absolute atomic E-state index is 0.108. The van der Waals surface area contributed by atoms with Crippen LogP contribution in [0.15, 0.2) is 54.9 Å². The normalized spacial score (nSPS) is 13.2. The number of hydrogen-bond acceptors (Lipinski definition) is 4. The van der Waals surface area contributed by atoms with Crippen molar-refractivity contribution in [3.8, 4) is 0 Å². The molecule has 1 aromatic carbocycles. The van der Waals surface area contributed by atoms with E-state index in [9.17, 15) is 10.2 Å². The van der Waals surface area contributed by atoms with Crippen molar-refractivity contribution in [1.29, 1.82) is 0 Å². The fraction of sp³-hybridized carbons (Fsp3) is 0.312. The van der Waals surface area contributed by atoms with Crippen LogP contribution in [0.4, 0.5) is 0 Å². The Balaban J connectivity index is 2.35. The molecule has 0 aliphatic heterocycles. The zero-order chi connectivity index (χ0) is 14.4. The molecule has 0 aliphatic rings. The van der Waals surface area contributed by atoms with Crippen molar-refractivity contribution in [2.75, 3.05) is 13.2 Å². The molecule has 0 spiro atoms. The molecule has 106 valence electrons. The van der Waals surface area contributed by atoms with Crippen molar-refractivity contribution in [1.82, 2.24) is 10.3 Å². The molecule has 2 rings (SSSR count). The van der Waals surface area contributed by atoms with Gasteiger partial charge in [0, 0.05) is 12.4 Å². The first-order chi connectivity index (χ1) is 9.68. The van der Waals surface area contributed by atoms with E-state index < -0.39 is 5.54 Å². The summed E-state index contributed by atoms with van der Waals surface area (Å²) in [5, 5.41) is 22.3. The summed E-state index contributed by atoms with van der Waals surface area (Å²) in [6.07, 6.45) is 3.48. The van der Waals surface area contributed by atoms with E-state index in [1.807, 2.05) is 42.5 Å². The molecule has 1 heterocycles. The molecule has 1 atom stereocenters. The molecule has 0 radical (unpaired) electrons. The van der Waals surface area contributed by atoms with E-state index in [2.05, 4.69) is 10.3 Å².